The molecule has 5 rings (SSSR count). The molecule has 192 valence electrons. The topological polar surface area (TPSA) is 79.3 Å². The lowest BCUT2D eigenvalue weighted by molar-refractivity contribution is -0.0366. The number of carbonyl (C=O) groups excluding carboxylic acids is 2. The van der Waals surface area contributed by atoms with Gasteiger partial charge in [-0.15, -0.1) is 0 Å². The average Bonchev–Trinajstić information content (AvgIpc) is 3.41. The van der Waals surface area contributed by atoms with Gasteiger partial charge in [0, 0.05) is 25.6 Å². The van der Waals surface area contributed by atoms with Gasteiger partial charge in [0.05, 0.1) is 12.1 Å². The van der Waals surface area contributed by atoms with Crippen molar-refractivity contribution in [2.24, 2.45) is 5.92 Å². The number of piperidine rings is 1. The molecule has 0 spiro atoms. The molecule has 2 fully saturated rings. The van der Waals surface area contributed by atoms with Crippen molar-refractivity contribution in [3.05, 3.63) is 59.7 Å². The summed E-state index contributed by atoms with van der Waals surface area (Å²) in [5.74, 6) is 0.0690. The van der Waals surface area contributed by atoms with Crippen molar-refractivity contribution in [3.63, 3.8) is 0 Å². The molecule has 7 heteroatoms. The Kier molecular flexibility index (Phi) is 6.45. The maximum absolute atomic E-state index is 12.9. The van der Waals surface area contributed by atoms with E-state index in [1.54, 1.807) is 9.80 Å². The molecule has 0 aromatic heterocycles. The van der Waals surface area contributed by atoms with Gasteiger partial charge in [0.25, 0.3) is 0 Å². The number of fused-ring (bicyclic) bond motifs is 3. The van der Waals surface area contributed by atoms with Gasteiger partial charge in [0.2, 0.25) is 0 Å². The molecule has 1 N–H and O–H groups in total. The van der Waals surface area contributed by atoms with E-state index in [9.17, 15) is 14.7 Å². The fourth-order valence-corrected chi connectivity index (χ4v) is 5.92. The second-order valence-corrected chi connectivity index (χ2v) is 11.3. The zero-order chi connectivity index (χ0) is 25.5. The van der Waals surface area contributed by atoms with Crippen LogP contribution in [0.25, 0.3) is 11.1 Å². The maximum Gasteiger partial charge on any atom is 0.410 e. The van der Waals surface area contributed by atoms with Crippen LogP contribution in [0.4, 0.5) is 9.59 Å². The minimum absolute atomic E-state index is 0.0302. The van der Waals surface area contributed by atoms with E-state index in [1.807, 2.05) is 45.0 Å². The summed E-state index contributed by atoms with van der Waals surface area (Å²) in [5, 5.41) is 11.3. The van der Waals surface area contributed by atoms with E-state index in [0.29, 0.717) is 45.5 Å². The van der Waals surface area contributed by atoms with Gasteiger partial charge in [0.15, 0.2) is 0 Å². The Morgan fingerprint density at radius 3 is 2.08 bits per heavy atom. The van der Waals surface area contributed by atoms with Crippen LogP contribution in [0.15, 0.2) is 48.5 Å². The zero-order valence-corrected chi connectivity index (χ0v) is 21.4. The van der Waals surface area contributed by atoms with Gasteiger partial charge in [-0.3, -0.25) is 0 Å². The van der Waals surface area contributed by atoms with Crippen molar-refractivity contribution in [2.75, 3.05) is 32.8 Å². The van der Waals surface area contributed by atoms with E-state index in [1.165, 1.54) is 22.3 Å². The van der Waals surface area contributed by atoms with Crippen LogP contribution >= 0.6 is 0 Å². The molecule has 0 saturated carbocycles. The van der Waals surface area contributed by atoms with E-state index >= 15 is 0 Å². The van der Waals surface area contributed by atoms with Gasteiger partial charge in [-0.1, -0.05) is 48.5 Å². The van der Waals surface area contributed by atoms with E-state index in [0.717, 1.165) is 0 Å². The van der Waals surface area contributed by atoms with Crippen molar-refractivity contribution in [3.8, 4) is 11.1 Å². The lowest BCUT2D eigenvalue weighted by Crippen LogP contribution is -2.49. The van der Waals surface area contributed by atoms with E-state index in [4.69, 9.17) is 9.47 Å². The number of hydrogen-bond donors (Lipinski definition) is 1. The largest absolute Gasteiger partial charge is 0.448 e. The third-order valence-corrected chi connectivity index (χ3v) is 7.78. The number of β-amino-alcohol motifs (C(OH)–C–C–N with tert-alkyl or cyclic N) is 1. The molecule has 2 aliphatic heterocycles. The molecule has 0 bridgehead atoms. The van der Waals surface area contributed by atoms with Gasteiger partial charge in [-0.2, -0.15) is 0 Å². The number of rotatable bonds is 3. The molecule has 1 unspecified atom stereocenters. The highest BCUT2D eigenvalue weighted by Gasteiger charge is 2.46. The fraction of sp³-hybridized carbons (Fsp3) is 0.517. The molecule has 1 aliphatic carbocycles. The molecule has 2 heterocycles. The van der Waals surface area contributed by atoms with Crippen LogP contribution in [0.3, 0.4) is 0 Å². The fourth-order valence-electron chi connectivity index (χ4n) is 5.92. The Morgan fingerprint density at radius 2 is 1.50 bits per heavy atom. The first-order chi connectivity index (χ1) is 17.1. The van der Waals surface area contributed by atoms with Gasteiger partial charge in [0.1, 0.15) is 12.2 Å². The Labute approximate surface area is 213 Å². The summed E-state index contributed by atoms with van der Waals surface area (Å²) in [4.78, 5) is 28.7. The van der Waals surface area contributed by atoms with Crippen LogP contribution < -0.4 is 0 Å². The first-order valence-electron chi connectivity index (χ1n) is 12.9. The van der Waals surface area contributed by atoms with E-state index in [-0.39, 0.29) is 30.6 Å². The monoisotopic (exact) mass is 492 g/mol. The van der Waals surface area contributed by atoms with Crippen molar-refractivity contribution in [1.29, 1.82) is 0 Å². The van der Waals surface area contributed by atoms with E-state index in [2.05, 4.69) is 24.3 Å². The van der Waals surface area contributed by atoms with Crippen molar-refractivity contribution >= 4 is 12.2 Å². The molecule has 2 aromatic rings. The van der Waals surface area contributed by atoms with Gasteiger partial charge in [-0.25, -0.2) is 9.59 Å². The quantitative estimate of drug-likeness (QED) is 0.651. The predicted octanol–water partition coefficient (Wildman–Crippen LogP) is 5.02. The minimum atomic E-state index is -0.940. The summed E-state index contributed by atoms with van der Waals surface area (Å²) in [5.41, 5.74) is 3.31. The van der Waals surface area contributed by atoms with Crippen LogP contribution in [-0.4, -0.2) is 71.1 Å². The Morgan fingerprint density at radius 1 is 0.917 bits per heavy atom. The predicted molar refractivity (Wildman–Crippen MR) is 137 cm³/mol. The molecular formula is C29H36N2O5. The van der Waals surface area contributed by atoms with Crippen LogP contribution in [0.1, 0.15) is 57.1 Å². The Bertz CT molecular complexity index is 1090. The summed E-state index contributed by atoms with van der Waals surface area (Å²) in [7, 11) is 0. The standard InChI is InChI=1S/C29H36N2O5/c1-28(2,3)36-27(33)31-17-14-29(34,19-31)20-12-15-30(16-13-20)26(32)35-18-25-23-10-6-4-8-21(23)22-9-5-7-11-24(22)25/h4-11,20,25,34H,12-19H2,1-3H3. The number of hydrogen-bond acceptors (Lipinski definition) is 5. The van der Waals surface area contributed by atoms with Crippen molar-refractivity contribution in [2.45, 2.75) is 57.2 Å². The summed E-state index contributed by atoms with van der Waals surface area (Å²) in [6, 6.07) is 16.6. The summed E-state index contributed by atoms with van der Waals surface area (Å²) >= 11 is 0. The minimum Gasteiger partial charge on any atom is -0.448 e. The van der Waals surface area contributed by atoms with Crippen LogP contribution in [0.5, 0.6) is 0 Å². The number of nitrogens with zero attached hydrogens (tertiary/aromatic N) is 2. The molecule has 3 aliphatic rings. The molecule has 1 atom stereocenters. The van der Waals surface area contributed by atoms with Gasteiger partial charge < -0.3 is 24.4 Å². The Balaban J connectivity index is 1.14. The second kappa shape index (κ2) is 9.43. The molecule has 36 heavy (non-hydrogen) atoms. The summed E-state index contributed by atoms with van der Waals surface area (Å²) < 4.78 is 11.3. The smallest absolute Gasteiger partial charge is 0.410 e. The number of carbonyl (C=O) groups is 2. The summed E-state index contributed by atoms with van der Waals surface area (Å²) in [6.45, 7) is 7.66. The normalized spacial score (nSPS) is 22.3. The van der Waals surface area contributed by atoms with Crippen molar-refractivity contribution < 1.29 is 24.2 Å². The van der Waals surface area contributed by atoms with Crippen LogP contribution in [0, 0.1) is 5.92 Å². The first-order valence-corrected chi connectivity index (χ1v) is 12.9. The number of aliphatic hydroxyl groups is 1. The van der Waals surface area contributed by atoms with Gasteiger partial charge >= 0.3 is 12.2 Å². The second-order valence-electron chi connectivity index (χ2n) is 11.3. The highest BCUT2D eigenvalue weighted by molar-refractivity contribution is 5.79. The molecule has 2 saturated heterocycles. The summed E-state index contributed by atoms with van der Waals surface area (Å²) in [6.07, 6.45) is 1.21. The number of amides is 2. The number of ether oxygens (including phenoxy) is 2. The molecule has 2 aromatic carbocycles. The lowest BCUT2D eigenvalue weighted by Gasteiger charge is -2.39. The maximum atomic E-state index is 12.9. The molecule has 0 radical (unpaired) electrons. The molecule has 2 amide bonds. The first kappa shape index (κ1) is 24.6. The van der Waals surface area contributed by atoms with Gasteiger partial charge in [-0.05, 0) is 68.2 Å². The Hall–Kier alpha value is -3.06. The van der Waals surface area contributed by atoms with Crippen LogP contribution in [-0.2, 0) is 9.47 Å². The third kappa shape index (κ3) is 4.81. The van der Waals surface area contributed by atoms with Crippen molar-refractivity contribution in [1.82, 2.24) is 9.80 Å². The highest BCUT2D eigenvalue weighted by Crippen LogP contribution is 2.44. The number of likely N-dealkylation sites (tertiary alicyclic amines) is 2. The molecule has 7 nitrogen and oxygen atoms in total. The van der Waals surface area contributed by atoms with Crippen LogP contribution in [0.2, 0.25) is 0 Å². The highest BCUT2D eigenvalue weighted by atomic mass is 16.6. The number of benzene rings is 2. The molecular weight excluding hydrogens is 456 g/mol. The third-order valence-electron chi connectivity index (χ3n) is 7.78. The zero-order valence-electron chi connectivity index (χ0n) is 21.4. The average molecular weight is 493 g/mol. The van der Waals surface area contributed by atoms with E-state index < -0.39 is 11.2 Å². The lowest BCUT2D eigenvalue weighted by atomic mass is 9.80. The SMILES string of the molecule is CC(C)(C)OC(=O)N1CCC(O)(C2CCN(C(=O)OCC3c4ccccc4-c4ccccc43)CC2)C1.